The Kier molecular flexibility index (Phi) is 3.60. The molecule has 0 radical (unpaired) electrons. The molecule has 0 saturated heterocycles. The Hall–Kier alpha value is -2.58. The van der Waals surface area contributed by atoms with Gasteiger partial charge in [-0.1, -0.05) is 60.1 Å². The van der Waals surface area contributed by atoms with Gasteiger partial charge in [-0.2, -0.15) is 0 Å². The lowest BCUT2D eigenvalue weighted by molar-refractivity contribution is 1.13. The van der Waals surface area contributed by atoms with Crippen LogP contribution in [0.2, 0.25) is 5.15 Å². The predicted octanol–water partition coefficient (Wildman–Crippen LogP) is 5.65. The third-order valence-electron chi connectivity index (χ3n) is 3.98. The molecule has 0 atom stereocenters. The van der Waals surface area contributed by atoms with Crippen molar-refractivity contribution >= 4 is 39.0 Å². The maximum Gasteiger partial charge on any atom is 0.134 e. The first kappa shape index (κ1) is 14.0. The molecular weight excluding hydrogens is 304 g/mol. The van der Waals surface area contributed by atoms with Gasteiger partial charge in [0.2, 0.25) is 0 Å². The number of rotatable bonds is 3. The molecule has 0 fully saturated rings. The molecule has 0 bridgehead atoms. The summed E-state index contributed by atoms with van der Waals surface area (Å²) in [7, 11) is 0. The molecule has 3 aromatic carbocycles. The highest BCUT2D eigenvalue weighted by molar-refractivity contribution is 6.30. The van der Waals surface area contributed by atoms with E-state index in [4.69, 9.17) is 11.6 Å². The van der Waals surface area contributed by atoms with Gasteiger partial charge in [0.1, 0.15) is 5.15 Å². The molecule has 1 N–H and O–H groups in total. The third kappa shape index (κ3) is 2.86. The number of benzene rings is 3. The number of nitrogens with one attached hydrogen (secondary N) is 1. The zero-order chi connectivity index (χ0) is 15.6. The number of aromatic nitrogens is 1. The molecule has 4 aromatic rings. The fourth-order valence-electron chi connectivity index (χ4n) is 2.76. The van der Waals surface area contributed by atoms with Crippen LogP contribution in [0.15, 0.2) is 72.8 Å². The first-order valence-electron chi connectivity index (χ1n) is 7.56. The van der Waals surface area contributed by atoms with Crippen molar-refractivity contribution in [1.29, 1.82) is 0 Å². The number of pyridine rings is 1. The Bertz CT molecular complexity index is 995. The summed E-state index contributed by atoms with van der Waals surface area (Å²) >= 11 is 6.31. The lowest BCUT2D eigenvalue weighted by Crippen LogP contribution is -2.01. The molecule has 0 saturated carbocycles. The number of hydrogen-bond acceptors (Lipinski definition) is 2. The Morgan fingerprint density at radius 3 is 2.39 bits per heavy atom. The van der Waals surface area contributed by atoms with Crippen LogP contribution in [0.5, 0.6) is 0 Å². The predicted molar refractivity (Wildman–Crippen MR) is 98.0 cm³/mol. The van der Waals surface area contributed by atoms with Crippen LogP contribution in [0, 0.1) is 0 Å². The highest BCUT2D eigenvalue weighted by Gasteiger charge is 2.05. The van der Waals surface area contributed by atoms with Crippen molar-refractivity contribution in [2.45, 2.75) is 6.54 Å². The molecule has 1 aromatic heterocycles. The summed E-state index contributed by atoms with van der Waals surface area (Å²) in [6.45, 7) is 0.648. The van der Waals surface area contributed by atoms with E-state index in [2.05, 4.69) is 64.9 Å². The SMILES string of the molecule is Clc1nc2ccccc2cc1CNc1ccc2ccccc2c1. The molecule has 3 heteroatoms. The Morgan fingerprint density at radius 1 is 0.783 bits per heavy atom. The second-order valence-corrected chi connectivity index (χ2v) is 5.90. The van der Waals surface area contributed by atoms with Gasteiger partial charge in [-0.3, -0.25) is 0 Å². The second kappa shape index (κ2) is 5.90. The summed E-state index contributed by atoms with van der Waals surface area (Å²) < 4.78 is 0. The van der Waals surface area contributed by atoms with Gasteiger partial charge in [0.25, 0.3) is 0 Å². The average Bonchev–Trinajstić information content (AvgIpc) is 2.59. The van der Waals surface area contributed by atoms with Crippen LogP contribution in [-0.2, 0) is 6.54 Å². The number of fused-ring (bicyclic) bond motifs is 2. The number of nitrogens with zero attached hydrogens (tertiary/aromatic N) is 1. The van der Waals surface area contributed by atoms with Crippen molar-refractivity contribution in [2.24, 2.45) is 0 Å². The van der Waals surface area contributed by atoms with Crippen molar-refractivity contribution < 1.29 is 0 Å². The highest BCUT2D eigenvalue weighted by Crippen LogP contribution is 2.23. The van der Waals surface area contributed by atoms with Crippen LogP contribution < -0.4 is 5.32 Å². The van der Waals surface area contributed by atoms with Crippen molar-refractivity contribution in [3.63, 3.8) is 0 Å². The van der Waals surface area contributed by atoms with E-state index < -0.39 is 0 Å². The summed E-state index contributed by atoms with van der Waals surface area (Å²) in [6.07, 6.45) is 0. The van der Waals surface area contributed by atoms with Crippen molar-refractivity contribution in [1.82, 2.24) is 4.98 Å². The molecule has 0 amide bonds. The van der Waals surface area contributed by atoms with Gasteiger partial charge in [0.05, 0.1) is 5.52 Å². The molecule has 0 spiro atoms. The third-order valence-corrected chi connectivity index (χ3v) is 4.31. The van der Waals surface area contributed by atoms with E-state index in [-0.39, 0.29) is 0 Å². The maximum atomic E-state index is 6.31. The largest absolute Gasteiger partial charge is 0.381 e. The fraction of sp³-hybridized carbons (Fsp3) is 0.0500. The van der Waals surface area contributed by atoms with Crippen molar-refractivity contribution in [2.75, 3.05) is 5.32 Å². The lowest BCUT2D eigenvalue weighted by atomic mass is 10.1. The normalized spacial score (nSPS) is 11.0. The first-order chi connectivity index (χ1) is 11.3. The molecule has 1 heterocycles. The van der Waals surface area contributed by atoms with Crippen LogP contribution in [0.3, 0.4) is 0 Å². The Morgan fingerprint density at radius 2 is 1.52 bits per heavy atom. The molecule has 0 aliphatic rings. The van der Waals surface area contributed by atoms with Crippen LogP contribution in [0.25, 0.3) is 21.7 Å². The molecule has 0 unspecified atom stereocenters. The number of anilines is 1. The summed E-state index contributed by atoms with van der Waals surface area (Å²) in [5.74, 6) is 0. The topological polar surface area (TPSA) is 24.9 Å². The van der Waals surface area contributed by atoms with E-state index in [0.29, 0.717) is 11.7 Å². The van der Waals surface area contributed by atoms with Crippen molar-refractivity contribution in [3.05, 3.63) is 83.5 Å². The summed E-state index contributed by atoms with van der Waals surface area (Å²) in [6, 6.07) is 24.8. The fourth-order valence-corrected chi connectivity index (χ4v) is 2.97. The highest BCUT2D eigenvalue weighted by atomic mass is 35.5. The van der Waals surface area contributed by atoms with Crippen LogP contribution in [-0.4, -0.2) is 4.98 Å². The van der Waals surface area contributed by atoms with Crippen molar-refractivity contribution in [3.8, 4) is 0 Å². The minimum Gasteiger partial charge on any atom is -0.381 e. The van der Waals surface area contributed by atoms with E-state index in [1.54, 1.807) is 0 Å². The van der Waals surface area contributed by atoms with Gasteiger partial charge in [-0.25, -0.2) is 4.98 Å². The van der Waals surface area contributed by atoms with Crippen LogP contribution in [0.1, 0.15) is 5.56 Å². The maximum absolute atomic E-state index is 6.31. The Labute approximate surface area is 139 Å². The first-order valence-corrected chi connectivity index (χ1v) is 7.94. The van der Waals surface area contributed by atoms with Crippen LogP contribution >= 0.6 is 11.6 Å². The van der Waals surface area contributed by atoms with Gasteiger partial charge in [0.15, 0.2) is 0 Å². The molecule has 0 aliphatic carbocycles. The zero-order valence-electron chi connectivity index (χ0n) is 12.5. The quantitative estimate of drug-likeness (QED) is 0.493. The monoisotopic (exact) mass is 318 g/mol. The van der Waals surface area contributed by atoms with E-state index in [1.807, 2.05) is 18.2 Å². The van der Waals surface area contributed by atoms with Gasteiger partial charge in [0, 0.05) is 23.2 Å². The van der Waals surface area contributed by atoms with Gasteiger partial charge in [-0.05, 0) is 35.0 Å². The number of halogens is 1. The summed E-state index contributed by atoms with van der Waals surface area (Å²) in [4.78, 5) is 4.46. The molecule has 2 nitrogen and oxygen atoms in total. The Balaban J connectivity index is 1.61. The van der Waals surface area contributed by atoms with E-state index in [1.165, 1.54) is 10.8 Å². The second-order valence-electron chi connectivity index (χ2n) is 5.55. The lowest BCUT2D eigenvalue weighted by Gasteiger charge is -2.10. The molecule has 112 valence electrons. The smallest absolute Gasteiger partial charge is 0.134 e. The van der Waals surface area contributed by atoms with E-state index in [9.17, 15) is 0 Å². The minimum absolute atomic E-state index is 0.553. The summed E-state index contributed by atoms with van der Waals surface area (Å²) in [5, 5.41) is 7.55. The van der Waals surface area contributed by atoms with E-state index in [0.717, 1.165) is 22.2 Å². The molecular formula is C20H15ClN2. The molecule has 0 aliphatic heterocycles. The standard InChI is InChI=1S/C20H15ClN2/c21-20-17(11-16-7-3-4-8-19(16)23-20)13-22-18-10-9-14-5-1-2-6-15(14)12-18/h1-12,22H,13H2. The number of hydrogen-bond donors (Lipinski definition) is 1. The molecule has 4 rings (SSSR count). The van der Waals surface area contributed by atoms with Gasteiger partial charge in [-0.15, -0.1) is 0 Å². The van der Waals surface area contributed by atoms with Gasteiger partial charge >= 0.3 is 0 Å². The summed E-state index contributed by atoms with van der Waals surface area (Å²) in [5.41, 5.74) is 3.00. The molecule has 23 heavy (non-hydrogen) atoms. The van der Waals surface area contributed by atoms with Crippen LogP contribution in [0.4, 0.5) is 5.69 Å². The minimum atomic E-state index is 0.553. The number of para-hydroxylation sites is 1. The van der Waals surface area contributed by atoms with E-state index >= 15 is 0 Å². The average molecular weight is 319 g/mol. The van der Waals surface area contributed by atoms with Gasteiger partial charge < -0.3 is 5.32 Å². The zero-order valence-corrected chi connectivity index (χ0v) is 13.2.